The molecule has 18 heavy (non-hydrogen) atoms. The summed E-state index contributed by atoms with van der Waals surface area (Å²) in [6.45, 7) is 3.63. The molecule has 0 amide bonds. The molecule has 1 heterocycles. The van der Waals surface area contributed by atoms with Crippen LogP contribution < -0.4 is 0 Å². The quantitative estimate of drug-likeness (QED) is 0.836. The molecule has 0 saturated heterocycles. The summed E-state index contributed by atoms with van der Waals surface area (Å²) in [5, 5.41) is 15.2. The van der Waals surface area contributed by atoms with E-state index in [1.54, 1.807) is 18.0 Å². The predicted octanol–water partition coefficient (Wildman–Crippen LogP) is 2.13. The summed E-state index contributed by atoms with van der Waals surface area (Å²) >= 11 is 7.86. The summed E-state index contributed by atoms with van der Waals surface area (Å²) in [6, 6.07) is 0. The Labute approximate surface area is 118 Å². The van der Waals surface area contributed by atoms with Gasteiger partial charge in [0.15, 0.2) is 0 Å². The van der Waals surface area contributed by atoms with Crippen LogP contribution in [0.3, 0.4) is 0 Å². The number of hydrogen-bond acceptors (Lipinski definition) is 4. The lowest BCUT2D eigenvalue weighted by Gasteiger charge is -2.20. The molecule has 0 fully saturated rings. The van der Waals surface area contributed by atoms with Crippen LogP contribution in [-0.4, -0.2) is 52.4 Å². The fourth-order valence-corrected chi connectivity index (χ4v) is 2.72. The van der Waals surface area contributed by atoms with E-state index in [2.05, 4.69) is 10.00 Å². The van der Waals surface area contributed by atoms with Gasteiger partial charge in [-0.2, -0.15) is 16.9 Å². The molecule has 0 bridgehead atoms. The molecule has 4 nitrogen and oxygen atoms in total. The zero-order chi connectivity index (χ0) is 13.7. The van der Waals surface area contributed by atoms with Crippen LogP contribution in [0.1, 0.15) is 18.7 Å². The van der Waals surface area contributed by atoms with Crippen molar-refractivity contribution in [3.8, 4) is 0 Å². The highest BCUT2D eigenvalue weighted by molar-refractivity contribution is 7.98. The first kappa shape index (κ1) is 15.8. The third-order valence-corrected chi connectivity index (χ3v) is 3.99. The van der Waals surface area contributed by atoms with Crippen LogP contribution in [-0.2, 0) is 6.54 Å². The van der Waals surface area contributed by atoms with Crippen LogP contribution in [0.2, 0.25) is 5.02 Å². The van der Waals surface area contributed by atoms with Gasteiger partial charge in [-0.05, 0) is 32.0 Å². The third-order valence-electron chi connectivity index (χ3n) is 2.84. The Morgan fingerprint density at radius 2 is 2.22 bits per heavy atom. The van der Waals surface area contributed by atoms with E-state index in [-0.39, 0.29) is 5.92 Å². The highest BCUT2D eigenvalue weighted by atomic mass is 35.5. The Bertz CT molecular complexity index is 370. The van der Waals surface area contributed by atoms with Crippen LogP contribution in [0.4, 0.5) is 0 Å². The molecule has 1 aromatic heterocycles. The molecular formula is C12H22ClN3OS. The molecule has 6 heteroatoms. The molecule has 104 valence electrons. The molecule has 0 aliphatic rings. The summed E-state index contributed by atoms with van der Waals surface area (Å²) in [7, 11) is 4.02. The second kappa shape index (κ2) is 7.38. The smallest absolute Gasteiger partial charge is 0.100 e. The summed E-state index contributed by atoms with van der Waals surface area (Å²) in [5.41, 5.74) is 0.736. The fourth-order valence-electron chi connectivity index (χ4n) is 1.76. The van der Waals surface area contributed by atoms with E-state index in [0.717, 1.165) is 24.5 Å². The lowest BCUT2D eigenvalue weighted by Crippen LogP contribution is -2.23. The first-order valence-corrected chi connectivity index (χ1v) is 7.77. The van der Waals surface area contributed by atoms with Crippen molar-refractivity contribution in [2.45, 2.75) is 19.6 Å². The van der Waals surface area contributed by atoms with Crippen molar-refractivity contribution in [1.82, 2.24) is 14.7 Å². The molecule has 0 spiro atoms. The van der Waals surface area contributed by atoms with Gasteiger partial charge in [-0.15, -0.1) is 0 Å². The molecule has 0 aliphatic heterocycles. The predicted molar refractivity (Wildman–Crippen MR) is 78.3 cm³/mol. The van der Waals surface area contributed by atoms with Crippen molar-refractivity contribution in [3.63, 3.8) is 0 Å². The minimum Gasteiger partial charge on any atom is -0.386 e. The maximum atomic E-state index is 10.4. The second-order valence-corrected chi connectivity index (χ2v) is 6.10. The van der Waals surface area contributed by atoms with Gasteiger partial charge in [-0.25, -0.2) is 0 Å². The Hall–Kier alpha value is -0.230. The van der Waals surface area contributed by atoms with Crippen molar-refractivity contribution in [2.75, 3.05) is 32.6 Å². The van der Waals surface area contributed by atoms with Gasteiger partial charge >= 0.3 is 0 Å². The number of aliphatic hydroxyl groups is 1. The Morgan fingerprint density at radius 3 is 2.78 bits per heavy atom. The van der Waals surface area contributed by atoms with Gasteiger partial charge in [-0.1, -0.05) is 18.5 Å². The largest absolute Gasteiger partial charge is 0.386 e. The zero-order valence-corrected chi connectivity index (χ0v) is 13.0. The van der Waals surface area contributed by atoms with Gasteiger partial charge in [-0.3, -0.25) is 4.68 Å². The van der Waals surface area contributed by atoms with E-state index < -0.39 is 6.10 Å². The van der Waals surface area contributed by atoms with Crippen LogP contribution in [0.5, 0.6) is 0 Å². The molecule has 0 aliphatic carbocycles. The number of likely N-dealkylation sites (N-methyl/N-ethyl adjacent to an activating group) is 1. The number of aromatic nitrogens is 2. The van der Waals surface area contributed by atoms with E-state index in [9.17, 15) is 5.11 Å². The van der Waals surface area contributed by atoms with Gasteiger partial charge in [0.25, 0.3) is 0 Å². The van der Waals surface area contributed by atoms with E-state index in [4.69, 9.17) is 11.6 Å². The van der Waals surface area contributed by atoms with E-state index in [0.29, 0.717) is 5.02 Å². The highest BCUT2D eigenvalue weighted by Gasteiger charge is 2.23. The third kappa shape index (κ3) is 4.16. The van der Waals surface area contributed by atoms with Crippen LogP contribution >= 0.6 is 23.4 Å². The lowest BCUT2D eigenvalue weighted by molar-refractivity contribution is 0.118. The topological polar surface area (TPSA) is 41.3 Å². The normalized spacial score (nSPS) is 15.1. The number of rotatable bonds is 7. The number of aliphatic hydroxyl groups excluding tert-OH is 1. The highest BCUT2D eigenvalue weighted by Crippen LogP contribution is 2.29. The zero-order valence-electron chi connectivity index (χ0n) is 11.4. The maximum absolute atomic E-state index is 10.4. The maximum Gasteiger partial charge on any atom is 0.100 e. The van der Waals surface area contributed by atoms with Gasteiger partial charge in [0.1, 0.15) is 6.10 Å². The Balaban J connectivity index is 2.82. The summed E-state index contributed by atoms with van der Waals surface area (Å²) in [6.07, 6.45) is 3.09. The van der Waals surface area contributed by atoms with Crippen LogP contribution in [0.25, 0.3) is 0 Å². The van der Waals surface area contributed by atoms with Gasteiger partial charge in [0, 0.05) is 6.54 Å². The van der Waals surface area contributed by atoms with E-state index >= 15 is 0 Å². The van der Waals surface area contributed by atoms with Crippen molar-refractivity contribution in [2.24, 2.45) is 5.92 Å². The lowest BCUT2D eigenvalue weighted by atomic mass is 10.0. The average molecular weight is 292 g/mol. The van der Waals surface area contributed by atoms with Gasteiger partial charge in [0.2, 0.25) is 0 Å². The van der Waals surface area contributed by atoms with Gasteiger partial charge in [0.05, 0.1) is 23.5 Å². The number of halogens is 1. The molecule has 0 radical (unpaired) electrons. The van der Waals surface area contributed by atoms with Crippen molar-refractivity contribution >= 4 is 23.4 Å². The van der Waals surface area contributed by atoms with Crippen LogP contribution in [0, 0.1) is 5.92 Å². The second-order valence-electron chi connectivity index (χ2n) is 4.78. The molecule has 0 saturated carbocycles. The van der Waals surface area contributed by atoms with E-state index in [1.807, 2.05) is 32.0 Å². The standard InChI is InChI=1S/C12H22ClN3OS/c1-9(8-18-4)12(17)11-10(13)7-14-16(11)6-5-15(2)3/h7,9,12,17H,5-6,8H2,1-4H3. The SMILES string of the molecule is CSCC(C)C(O)c1c(Cl)cnn1CCN(C)C. The first-order valence-electron chi connectivity index (χ1n) is 6.00. The van der Waals surface area contributed by atoms with Gasteiger partial charge < -0.3 is 10.0 Å². The van der Waals surface area contributed by atoms with Crippen molar-refractivity contribution < 1.29 is 5.11 Å². The summed E-state index contributed by atoms with van der Waals surface area (Å²) < 4.78 is 1.81. The van der Waals surface area contributed by atoms with Crippen molar-refractivity contribution in [3.05, 3.63) is 16.9 Å². The number of nitrogens with zero attached hydrogens (tertiary/aromatic N) is 3. The number of thioether (sulfide) groups is 1. The minimum atomic E-state index is -0.561. The Kier molecular flexibility index (Phi) is 6.49. The fraction of sp³-hybridized carbons (Fsp3) is 0.750. The average Bonchev–Trinajstić information content (AvgIpc) is 2.67. The number of hydrogen-bond donors (Lipinski definition) is 1. The van der Waals surface area contributed by atoms with E-state index in [1.165, 1.54) is 0 Å². The summed E-state index contributed by atoms with van der Waals surface area (Å²) in [5.74, 6) is 1.06. The first-order chi connectivity index (χ1) is 8.47. The minimum absolute atomic E-state index is 0.160. The molecular weight excluding hydrogens is 270 g/mol. The molecule has 0 aromatic carbocycles. The molecule has 1 rings (SSSR count). The van der Waals surface area contributed by atoms with Crippen LogP contribution in [0.15, 0.2) is 6.20 Å². The molecule has 2 atom stereocenters. The molecule has 2 unspecified atom stereocenters. The molecule has 1 aromatic rings. The van der Waals surface area contributed by atoms with Crippen molar-refractivity contribution in [1.29, 1.82) is 0 Å². The monoisotopic (exact) mass is 291 g/mol. The summed E-state index contributed by atoms with van der Waals surface area (Å²) in [4.78, 5) is 2.08. The molecule has 1 N–H and O–H groups in total. The Morgan fingerprint density at radius 1 is 1.56 bits per heavy atom.